The molecule has 8 atom stereocenters. The van der Waals surface area contributed by atoms with E-state index in [9.17, 15) is 35.1 Å². The van der Waals surface area contributed by atoms with Crippen molar-refractivity contribution >= 4 is 11.9 Å². The molecule has 0 aliphatic carbocycles. The number of carbonyl (C=O) groups is 2. The Morgan fingerprint density at radius 2 is 0.852 bits per heavy atom. The molecule has 1 aliphatic heterocycles. The van der Waals surface area contributed by atoms with Gasteiger partial charge in [-0.3, -0.25) is 9.59 Å². The van der Waals surface area contributed by atoms with Gasteiger partial charge in [0.2, 0.25) is 5.91 Å². The van der Waals surface area contributed by atoms with Gasteiger partial charge in [0.05, 0.1) is 25.4 Å². The zero-order chi connectivity index (χ0) is 58.9. The molecule has 0 spiro atoms. The maximum absolute atomic E-state index is 13.5. The van der Waals surface area contributed by atoms with E-state index in [2.05, 4.69) is 62.5 Å². The molecule has 11 heteroatoms. The minimum atomic E-state index is -1.62. The number of carbonyl (C=O) groups excluding carboxylic acids is 2. The van der Waals surface area contributed by atoms with Gasteiger partial charge in [0.1, 0.15) is 24.4 Å². The van der Waals surface area contributed by atoms with E-state index in [0.29, 0.717) is 19.3 Å². The largest absolute Gasteiger partial charge is 0.454 e. The molecule has 0 aromatic rings. The number of nitrogens with one attached hydrogen (secondary N) is 1. The van der Waals surface area contributed by atoms with Gasteiger partial charge in [0.25, 0.3) is 0 Å². The third-order valence-electron chi connectivity index (χ3n) is 16.2. The third kappa shape index (κ3) is 45.6. The van der Waals surface area contributed by atoms with Crippen LogP contribution in [0.1, 0.15) is 323 Å². The molecule has 0 aromatic heterocycles. The quantitative estimate of drug-likeness (QED) is 0.0149. The zero-order valence-electron chi connectivity index (χ0n) is 52.7. The lowest BCUT2D eigenvalue weighted by Crippen LogP contribution is -2.61. The fraction of sp³-hybridized carbons (Fsp3) is 0.857. The SMILES string of the molecule is CCCCC/C=C/C=C/CCCCCCCCC(=O)OC1C(OCC(NC(=O)C(O)CCCCCCCCCCCCCCCCCC/C=C/CCCCCCCC)C(O)/C=C/CCCCCCCCCCC)OC(CO)C(O)C1O. The standard InChI is InChI=1S/C70H129NO10/c1-4-7-10-13-16-19-22-24-26-27-28-29-30-31-32-33-34-35-36-38-39-42-45-48-51-54-57-63(74)69(78)71-61(62(73)56-53-50-47-44-41-21-18-15-12-9-6-3)60-79-70-68(67(77)66(76)64(59-72)80-70)81-65(75)58-55-52-49-46-43-40-37-25-23-20-17-14-11-8-5-2/h17,20,23-26,53,56,61-64,66-68,70,72-74,76-77H,4-16,18-19,21-22,27-52,54-55,57-60H2,1-3H3,(H,71,78)/b20-17+,25-23+,26-24+,56-53+. The lowest BCUT2D eigenvalue weighted by atomic mass is 9.99. The molecule has 11 nitrogen and oxygen atoms in total. The number of amides is 1. The summed E-state index contributed by atoms with van der Waals surface area (Å²) in [5.74, 6) is -1.20. The first-order valence-electron chi connectivity index (χ1n) is 34.4. The number of unbranched alkanes of at least 4 members (excludes halogenated alkanes) is 40. The lowest BCUT2D eigenvalue weighted by Gasteiger charge is -2.41. The number of rotatable bonds is 59. The number of hydrogen-bond donors (Lipinski definition) is 6. The summed E-state index contributed by atoms with van der Waals surface area (Å²) in [5.41, 5.74) is 0. The van der Waals surface area contributed by atoms with E-state index < -0.39 is 67.4 Å². The van der Waals surface area contributed by atoms with Crippen LogP contribution in [0.4, 0.5) is 0 Å². The van der Waals surface area contributed by atoms with Gasteiger partial charge in [-0.05, 0) is 77.0 Å². The molecule has 1 rings (SSSR count). The van der Waals surface area contributed by atoms with Crippen molar-refractivity contribution < 1.29 is 49.3 Å². The predicted octanol–water partition coefficient (Wildman–Crippen LogP) is 17.2. The molecule has 1 aliphatic rings. The summed E-state index contributed by atoms with van der Waals surface area (Å²) in [7, 11) is 0. The second-order valence-electron chi connectivity index (χ2n) is 23.9. The summed E-state index contributed by atoms with van der Waals surface area (Å²) < 4.78 is 17.6. The first-order chi connectivity index (χ1) is 39.7. The highest BCUT2D eigenvalue weighted by Crippen LogP contribution is 2.26. The van der Waals surface area contributed by atoms with E-state index >= 15 is 0 Å². The van der Waals surface area contributed by atoms with Crippen molar-refractivity contribution in [2.45, 2.75) is 372 Å². The predicted molar refractivity (Wildman–Crippen MR) is 338 cm³/mol. The lowest BCUT2D eigenvalue weighted by molar-refractivity contribution is -0.305. The van der Waals surface area contributed by atoms with Gasteiger partial charge < -0.3 is 45.1 Å². The molecule has 1 saturated heterocycles. The Hall–Kier alpha value is -2.38. The first-order valence-corrected chi connectivity index (χ1v) is 34.4. The van der Waals surface area contributed by atoms with Crippen LogP contribution in [-0.4, -0.2) is 99.6 Å². The molecule has 1 heterocycles. The number of ether oxygens (including phenoxy) is 3. The van der Waals surface area contributed by atoms with Gasteiger partial charge >= 0.3 is 5.97 Å². The summed E-state index contributed by atoms with van der Waals surface area (Å²) >= 11 is 0. The van der Waals surface area contributed by atoms with Crippen LogP contribution in [0.5, 0.6) is 0 Å². The Bertz CT molecular complexity index is 1500. The van der Waals surface area contributed by atoms with E-state index in [1.165, 1.54) is 193 Å². The number of allylic oxidation sites excluding steroid dienone is 7. The molecule has 6 N–H and O–H groups in total. The number of esters is 1. The molecule has 0 bridgehead atoms. The maximum Gasteiger partial charge on any atom is 0.306 e. The Kier molecular flexibility index (Phi) is 54.9. The third-order valence-corrected chi connectivity index (χ3v) is 16.2. The number of aliphatic hydroxyl groups excluding tert-OH is 5. The van der Waals surface area contributed by atoms with Gasteiger partial charge in [-0.15, -0.1) is 0 Å². The minimum absolute atomic E-state index is 0.112. The Morgan fingerprint density at radius 3 is 1.30 bits per heavy atom. The fourth-order valence-corrected chi connectivity index (χ4v) is 10.8. The van der Waals surface area contributed by atoms with Crippen molar-refractivity contribution in [3.63, 3.8) is 0 Å². The topological polar surface area (TPSA) is 175 Å². The molecule has 81 heavy (non-hydrogen) atoms. The van der Waals surface area contributed by atoms with Crippen LogP contribution in [0.2, 0.25) is 0 Å². The zero-order valence-corrected chi connectivity index (χ0v) is 52.7. The molecule has 474 valence electrons. The minimum Gasteiger partial charge on any atom is -0.454 e. The van der Waals surface area contributed by atoms with Crippen LogP contribution in [0.25, 0.3) is 0 Å². The van der Waals surface area contributed by atoms with Crippen molar-refractivity contribution in [3.05, 3.63) is 48.6 Å². The van der Waals surface area contributed by atoms with Gasteiger partial charge in [-0.2, -0.15) is 0 Å². The van der Waals surface area contributed by atoms with Crippen molar-refractivity contribution in [1.82, 2.24) is 5.32 Å². The van der Waals surface area contributed by atoms with Crippen molar-refractivity contribution in [2.24, 2.45) is 0 Å². The highest BCUT2D eigenvalue weighted by molar-refractivity contribution is 5.80. The second-order valence-corrected chi connectivity index (χ2v) is 23.9. The van der Waals surface area contributed by atoms with Crippen LogP contribution in [0, 0.1) is 0 Å². The molecule has 0 saturated carbocycles. The van der Waals surface area contributed by atoms with Crippen LogP contribution >= 0.6 is 0 Å². The summed E-state index contributed by atoms with van der Waals surface area (Å²) in [4.78, 5) is 26.6. The van der Waals surface area contributed by atoms with Crippen LogP contribution in [0.3, 0.4) is 0 Å². The number of hydrogen-bond acceptors (Lipinski definition) is 10. The molecule has 0 radical (unpaired) electrons. The monoisotopic (exact) mass is 1140 g/mol. The van der Waals surface area contributed by atoms with E-state index in [1.54, 1.807) is 6.08 Å². The van der Waals surface area contributed by atoms with Crippen LogP contribution in [0.15, 0.2) is 48.6 Å². The normalized spacial score (nSPS) is 18.9. The summed E-state index contributed by atoms with van der Waals surface area (Å²) in [5, 5.41) is 57.1. The molecule has 1 amide bonds. The van der Waals surface area contributed by atoms with Crippen molar-refractivity contribution in [1.29, 1.82) is 0 Å². The van der Waals surface area contributed by atoms with E-state index in [1.807, 2.05) is 6.08 Å². The first kappa shape index (κ1) is 76.6. The van der Waals surface area contributed by atoms with Crippen molar-refractivity contribution in [2.75, 3.05) is 13.2 Å². The highest BCUT2D eigenvalue weighted by Gasteiger charge is 2.47. The van der Waals surface area contributed by atoms with Gasteiger partial charge in [-0.1, -0.05) is 288 Å². The Morgan fingerprint density at radius 1 is 0.481 bits per heavy atom. The number of aliphatic hydroxyl groups is 5. The second kappa shape index (κ2) is 58.0. The average Bonchev–Trinajstić information content (AvgIpc) is 3.50. The van der Waals surface area contributed by atoms with E-state index in [-0.39, 0.29) is 13.0 Å². The maximum atomic E-state index is 13.5. The smallest absolute Gasteiger partial charge is 0.306 e. The summed E-state index contributed by atoms with van der Waals surface area (Å²) in [6.07, 6.45) is 61.7. The van der Waals surface area contributed by atoms with Gasteiger partial charge in [0, 0.05) is 6.42 Å². The van der Waals surface area contributed by atoms with Gasteiger partial charge in [-0.25, -0.2) is 0 Å². The van der Waals surface area contributed by atoms with Crippen LogP contribution < -0.4 is 5.32 Å². The fourth-order valence-electron chi connectivity index (χ4n) is 10.8. The van der Waals surface area contributed by atoms with Crippen molar-refractivity contribution in [3.8, 4) is 0 Å². The molecule has 0 aromatic carbocycles. The summed E-state index contributed by atoms with van der Waals surface area (Å²) in [6.45, 7) is 5.77. The van der Waals surface area contributed by atoms with Crippen LogP contribution in [-0.2, 0) is 23.8 Å². The Balaban J connectivity index is 2.54. The Labute approximate surface area is 497 Å². The molecular weight excluding hydrogens is 1010 g/mol. The molecule has 1 fully saturated rings. The van der Waals surface area contributed by atoms with E-state index in [0.717, 1.165) is 83.5 Å². The average molecular weight is 1140 g/mol. The van der Waals surface area contributed by atoms with E-state index in [4.69, 9.17) is 14.2 Å². The summed E-state index contributed by atoms with van der Waals surface area (Å²) in [6, 6.07) is -1.02. The van der Waals surface area contributed by atoms with Gasteiger partial charge in [0.15, 0.2) is 12.4 Å². The molecular formula is C70H129NO10. The molecule has 8 unspecified atom stereocenters. The highest BCUT2D eigenvalue weighted by atomic mass is 16.7.